The molecule has 0 aliphatic carbocycles. The van der Waals surface area contributed by atoms with E-state index in [1.807, 2.05) is 42.5 Å². The minimum atomic E-state index is -0.317. The summed E-state index contributed by atoms with van der Waals surface area (Å²) < 4.78 is 19.9. The van der Waals surface area contributed by atoms with Crippen molar-refractivity contribution < 1.29 is 8.81 Å². The third kappa shape index (κ3) is 1.86. The van der Waals surface area contributed by atoms with Crippen molar-refractivity contribution in [3.63, 3.8) is 0 Å². The summed E-state index contributed by atoms with van der Waals surface area (Å²) in [5.74, 6) is -0.317. The molecule has 2 nitrogen and oxygen atoms in total. The molecule has 0 radical (unpaired) electrons. The van der Waals surface area contributed by atoms with E-state index in [4.69, 9.17) is 10.2 Å². The van der Waals surface area contributed by atoms with Gasteiger partial charge in [0.1, 0.15) is 17.0 Å². The van der Waals surface area contributed by atoms with Gasteiger partial charge in [0.05, 0.1) is 0 Å². The molecule has 0 fully saturated rings. The zero-order valence-corrected chi connectivity index (χ0v) is 11.1. The standard InChI is InChI=1S/C18H12FNO/c19-16-10-12(20)6-7-13(16)11-5-8-18-15(9-11)14-3-1-2-4-17(14)21-18/h1-10H,20H2. The minimum Gasteiger partial charge on any atom is -0.456 e. The van der Waals surface area contributed by atoms with E-state index in [-0.39, 0.29) is 5.82 Å². The largest absolute Gasteiger partial charge is 0.456 e. The average molecular weight is 277 g/mol. The zero-order chi connectivity index (χ0) is 14.4. The number of halogens is 1. The fourth-order valence-corrected chi connectivity index (χ4v) is 2.66. The number of rotatable bonds is 1. The number of hydrogen-bond acceptors (Lipinski definition) is 2. The first-order valence-electron chi connectivity index (χ1n) is 6.69. The highest BCUT2D eigenvalue weighted by atomic mass is 19.1. The molecule has 21 heavy (non-hydrogen) atoms. The molecule has 0 atom stereocenters. The van der Waals surface area contributed by atoms with E-state index in [9.17, 15) is 4.39 Å². The molecule has 0 bridgehead atoms. The summed E-state index contributed by atoms with van der Waals surface area (Å²) >= 11 is 0. The van der Waals surface area contributed by atoms with Crippen LogP contribution >= 0.6 is 0 Å². The fraction of sp³-hybridized carbons (Fsp3) is 0. The molecule has 1 heterocycles. The Hall–Kier alpha value is -2.81. The van der Waals surface area contributed by atoms with Gasteiger partial charge in [-0.3, -0.25) is 0 Å². The lowest BCUT2D eigenvalue weighted by atomic mass is 10.0. The van der Waals surface area contributed by atoms with Crippen molar-refractivity contribution in [3.8, 4) is 11.1 Å². The van der Waals surface area contributed by atoms with Gasteiger partial charge in [0, 0.05) is 22.0 Å². The first kappa shape index (κ1) is 12.0. The molecule has 0 saturated heterocycles. The Bertz CT molecular complexity index is 971. The average Bonchev–Trinajstić information content (AvgIpc) is 2.85. The maximum absolute atomic E-state index is 14.1. The molecule has 0 spiro atoms. The molecule has 4 aromatic rings. The smallest absolute Gasteiger partial charge is 0.135 e. The first-order valence-corrected chi connectivity index (χ1v) is 6.69. The third-order valence-electron chi connectivity index (χ3n) is 3.68. The summed E-state index contributed by atoms with van der Waals surface area (Å²) in [6, 6.07) is 18.3. The Morgan fingerprint density at radius 1 is 0.810 bits per heavy atom. The molecule has 102 valence electrons. The van der Waals surface area contributed by atoms with Gasteiger partial charge in [-0.15, -0.1) is 0 Å². The molecule has 2 N–H and O–H groups in total. The van der Waals surface area contributed by atoms with Gasteiger partial charge in [-0.05, 0) is 42.0 Å². The van der Waals surface area contributed by atoms with Crippen molar-refractivity contribution >= 4 is 27.6 Å². The lowest BCUT2D eigenvalue weighted by molar-refractivity contribution is 0.632. The molecular weight excluding hydrogens is 265 g/mol. The maximum atomic E-state index is 14.1. The van der Waals surface area contributed by atoms with Crippen molar-refractivity contribution in [1.29, 1.82) is 0 Å². The lowest BCUT2D eigenvalue weighted by Gasteiger charge is -2.04. The van der Waals surface area contributed by atoms with Crippen molar-refractivity contribution in [1.82, 2.24) is 0 Å². The van der Waals surface area contributed by atoms with E-state index in [1.165, 1.54) is 6.07 Å². The monoisotopic (exact) mass is 277 g/mol. The van der Waals surface area contributed by atoms with Crippen LogP contribution in [0.1, 0.15) is 0 Å². The van der Waals surface area contributed by atoms with E-state index >= 15 is 0 Å². The molecule has 0 saturated carbocycles. The van der Waals surface area contributed by atoms with E-state index in [0.717, 1.165) is 27.5 Å². The van der Waals surface area contributed by atoms with Gasteiger partial charge in [0.15, 0.2) is 0 Å². The van der Waals surface area contributed by atoms with Gasteiger partial charge in [-0.2, -0.15) is 0 Å². The molecular formula is C18H12FNO. The van der Waals surface area contributed by atoms with Crippen LogP contribution in [0.15, 0.2) is 65.1 Å². The fourth-order valence-electron chi connectivity index (χ4n) is 2.66. The van der Waals surface area contributed by atoms with Gasteiger partial charge in [-0.25, -0.2) is 4.39 Å². The molecule has 1 aromatic heterocycles. The number of furan rings is 1. The highest BCUT2D eigenvalue weighted by Crippen LogP contribution is 2.33. The van der Waals surface area contributed by atoms with Gasteiger partial charge in [-0.1, -0.05) is 24.3 Å². The number of benzene rings is 3. The predicted octanol–water partition coefficient (Wildman–Crippen LogP) is 4.97. The Balaban J connectivity index is 1.99. The second-order valence-electron chi connectivity index (χ2n) is 5.05. The Kier molecular flexibility index (Phi) is 2.48. The lowest BCUT2D eigenvalue weighted by Crippen LogP contribution is -1.89. The number of nitrogens with two attached hydrogens (primary N) is 1. The van der Waals surface area contributed by atoms with Crippen molar-refractivity contribution in [2.45, 2.75) is 0 Å². The van der Waals surface area contributed by atoms with E-state index in [1.54, 1.807) is 12.1 Å². The van der Waals surface area contributed by atoms with Crippen LogP contribution in [0.25, 0.3) is 33.1 Å². The maximum Gasteiger partial charge on any atom is 0.135 e. The summed E-state index contributed by atoms with van der Waals surface area (Å²) in [5, 5.41) is 2.02. The van der Waals surface area contributed by atoms with Crippen LogP contribution < -0.4 is 5.73 Å². The van der Waals surface area contributed by atoms with Crippen LogP contribution in [0, 0.1) is 5.82 Å². The van der Waals surface area contributed by atoms with Gasteiger partial charge >= 0.3 is 0 Å². The highest BCUT2D eigenvalue weighted by Gasteiger charge is 2.10. The number of nitrogen functional groups attached to an aromatic ring is 1. The Morgan fingerprint density at radius 2 is 1.62 bits per heavy atom. The number of hydrogen-bond donors (Lipinski definition) is 1. The molecule has 0 aliphatic heterocycles. The Morgan fingerprint density at radius 3 is 2.48 bits per heavy atom. The second kappa shape index (κ2) is 4.35. The second-order valence-corrected chi connectivity index (χ2v) is 5.05. The highest BCUT2D eigenvalue weighted by molar-refractivity contribution is 6.06. The molecule has 0 aliphatic rings. The summed E-state index contributed by atoms with van der Waals surface area (Å²) in [6.45, 7) is 0. The van der Waals surface area contributed by atoms with Crippen LogP contribution in [0.3, 0.4) is 0 Å². The molecule has 4 rings (SSSR count). The van der Waals surface area contributed by atoms with Crippen LogP contribution in [0.5, 0.6) is 0 Å². The van der Waals surface area contributed by atoms with Crippen molar-refractivity contribution in [2.75, 3.05) is 5.73 Å². The van der Waals surface area contributed by atoms with Crippen molar-refractivity contribution in [3.05, 3.63) is 66.5 Å². The molecule has 0 amide bonds. The van der Waals surface area contributed by atoms with E-state index in [2.05, 4.69) is 0 Å². The summed E-state index contributed by atoms with van der Waals surface area (Å²) in [4.78, 5) is 0. The molecule has 3 heteroatoms. The molecule has 0 unspecified atom stereocenters. The third-order valence-corrected chi connectivity index (χ3v) is 3.68. The van der Waals surface area contributed by atoms with Crippen LogP contribution in [0.4, 0.5) is 10.1 Å². The summed E-state index contributed by atoms with van der Waals surface area (Å²) in [5.41, 5.74) is 9.01. The Labute approximate surface area is 120 Å². The quantitative estimate of drug-likeness (QED) is 0.499. The molecule has 3 aromatic carbocycles. The zero-order valence-electron chi connectivity index (χ0n) is 11.1. The van der Waals surface area contributed by atoms with Gasteiger partial charge in [0.2, 0.25) is 0 Å². The summed E-state index contributed by atoms with van der Waals surface area (Å²) in [7, 11) is 0. The van der Waals surface area contributed by atoms with Crippen molar-refractivity contribution in [2.24, 2.45) is 0 Å². The predicted molar refractivity (Wildman–Crippen MR) is 83.5 cm³/mol. The van der Waals surface area contributed by atoms with Crippen LogP contribution in [0.2, 0.25) is 0 Å². The normalized spacial score (nSPS) is 11.3. The first-order chi connectivity index (χ1) is 10.2. The topological polar surface area (TPSA) is 39.2 Å². The van der Waals surface area contributed by atoms with Crippen LogP contribution in [-0.4, -0.2) is 0 Å². The summed E-state index contributed by atoms with van der Waals surface area (Å²) in [6.07, 6.45) is 0. The van der Waals surface area contributed by atoms with Crippen LogP contribution in [-0.2, 0) is 0 Å². The van der Waals surface area contributed by atoms with Gasteiger partial charge < -0.3 is 10.2 Å². The van der Waals surface area contributed by atoms with E-state index < -0.39 is 0 Å². The number of para-hydroxylation sites is 1. The van der Waals surface area contributed by atoms with E-state index in [0.29, 0.717) is 11.3 Å². The minimum absolute atomic E-state index is 0.317. The van der Waals surface area contributed by atoms with Gasteiger partial charge in [0.25, 0.3) is 0 Å². The SMILES string of the molecule is Nc1ccc(-c2ccc3oc4ccccc4c3c2)c(F)c1. The number of anilines is 1. The number of fused-ring (bicyclic) bond motifs is 3.